The van der Waals surface area contributed by atoms with Crippen molar-refractivity contribution in [3.8, 4) is 17.9 Å². The molecule has 2 N–H and O–H groups in total. The average Bonchev–Trinajstić information content (AvgIpc) is 2.92. The maximum absolute atomic E-state index is 13.0. The number of carbonyl (C=O) groups is 1. The number of halogens is 1. The third-order valence-electron chi connectivity index (χ3n) is 6.95. The van der Waals surface area contributed by atoms with Crippen LogP contribution in [0.1, 0.15) is 54.4 Å². The van der Waals surface area contributed by atoms with Gasteiger partial charge < -0.3 is 10.4 Å². The Labute approximate surface area is 223 Å². The molecule has 2 aliphatic rings. The number of nitrogens with one attached hydrogen (secondary N) is 1. The van der Waals surface area contributed by atoms with Crippen LogP contribution in [0.25, 0.3) is 0 Å². The van der Waals surface area contributed by atoms with Crippen molar-refractivity contribution in [1.82, 2.24) is 10.2 Å². The topological polar surface area (TPSA) is 88.7 Å². The second-order valence-corrected chi connectivity index (χ2v) is 10.1. The monoisotopic (exact) mass is 512 g/mol. The zero-order valence-electron chi connectivity index (χ0n) is 21.7. The number of carbonyl (C=O) groups excluding carboxylic acids is 1. The molecule has 0 saturated carbocycles. The van der Waals surface area contributed by atoms with Gasteiger partial charge in [0.25, 0.3) is 0 Å². The van der Waals surface area contributed by atoms with Gasteiger partial charge in [-0.3, -0.25) is 14.7 Å². The molecule has 1 saturated heterocycles. The lowest BCUT2D eigenvalue weighted by Crippen LogP contribution is -2.45. The van der Waals surface area contributed by atoms with E-state index in [0.717, 1.165) is 36.3 Å². The summed E-state index contributed by atoms with van der Waals surface area (Å²) in [6.45, 7) is 4.65. The van der Waals surface area contributed by atoms with Gasteiger partial charge in [-0.2, -0.15) is 5.26 Å². The highest BCUT2D eigenvalue weighted by Crippen LogP contribution is 2.27. The van der Waals surface area contributed by atoms with Crippen molar-refractivity contribution < 1.29 is 14.3 Å². The van der Waals surface area contributed by atoms with Crippen molar-refractivity contribution in [3.05, 3.63) is 82.2 Å². The maximum Gasteiger partial charge on any atom is 0.204 e. The van der Waals surface area contributed by atoms with E-state index in [-0.39, 0.29) is 29.9 Å². The van der Waals surface area contributed by atoms with Crippen molar-refractivity contribution in [3.63, 3.8) is 0 Å². The summed E-state index contributed by atoms with van der Waals surface area (Å²) in [7, 11) is 0. The van der Waals surface area contributed by atoms with E-state index in [9.17, 15) is 14.3 Å². The molecule has 0 aliphatic carbocycles. The molecule has 0 aromatic heterocycles. The smallest absolute Gasteiger partial charge is 0.204 e. The van der Waals surface area contributed by atoms with E-state index in [1.54, 1.807) is 6.92 Å². The largest absolute Gasteiger partial charge is 0.503 e. The number of aliphatic hydroxyl groups excluding tert-OH is 1. The Kier molecular flexibility index (Phi) is 9.43. The van der Waals surface area contributed by atoms with Crippen LogP contribution in [0.15, 0.2) is 65.0 Å². The van der Waals surface area contributed by atoms with Crippen molar-refractivity contribution in [2.24, 2.45) is 10.9 Å². The number of nitriles is 1. The summed E-state index contributed by atoms with van der Waals surface area (Å²) in [5.74, 6) is 6.23. The molecule has 4 rings (SSSR count). The lowest BCUT2D eigenvalue weighted by molar-refractivity contribution is -0.117. The van der Waals surface area contributed by atoms with Gasteiger partial charge in [-0.25, -0.2) is 4.39 Å². The Bertz CT molecular complexity index is 1280. The minimum absolute atomic E-state index is 0.0969. The van der Waals surface area contributed by atoms with Crippen LogP contribution in [-0.4, -0.2) is 54.4 Å². The van der Waals surface area contributed by atoms with Gasteiger partial charge >= 0.3 is 0 Å². The Hall–Kier alpha value is -3.78. The van der Waals surface area contributed by atoms with Crippen LogP contribution in [0, 0.1) is 29.1 Å². The molecular formula is C31H33FN4O2. The van der Waals surface area contributed by atoms with Gasteiger partial charge in [0, 0.05) is 74.7 Å². The summed E-state index contributed by atoms with van der Waals surface area (Å²) in [5, 5.41) is 22.2. The molecule has 2 aliphatic heterocycles. The molecule has 2 heterocycles. The van der Waals surface area contributed by atoms with Crippen LogP contribution in [0.3, 0.4) is 0 Å². The number of hydrogen-bond donors (Lipinski definition) is 2. The predicted molar refractivity (Wildman–Crippen MR) is 146 cm³/mol. The van der Waals surface area contributed by atoms with Crippen LogP contribution < -0.4 is 5.32 Å². The Morgan fingerprint density at radius 3 is 2.42 bits per heavy atom. The van der Waals surface area contributed by atoms with Gasteiger partial charge in [-0.1, -0.05) is 36.1 Å². The number of likely N-dealkylation sites (tertiary alicyclic amines) is 1. The Morgan fingerprint density at radius 2 is 1.79 bits per heavy atom. The number of allylic oxidation sites excluding steroid dienone is 2. The first-order valence-corrected chi connectivity index (χ1v) is 13.0. The van der Waals surface area contributed by atoms with Gasteiger partial charge in [-0.05, 0) is 48.2 Å². The van der Waals surface area contributed by atoms with Gasteiger partial charge in [-0.15, -0.1) is 0 Å². The van der Waals surface area contributed by atoms with E-state index >= 15 is 0 Å². The van der Waals surface area contributed by atoms with E-state index in [0.29, 0.717) is 31.0 Å². The van der Waals surface area contributed by atoms with E-state index in [4.69, 9.17) is 5.26 Å². The quantitative estimate of drug-likeness (QED) is 0.452. The van der Waals surface area contributed by atoms with E-state index in [2.05, 4.69) is 45.3 Å². The molecule has 1 unspecified atom stereocenters. The molecule has 2 aromatic rings. The average molecular weight is 513 g/mol. The zero-order valence-corrected chi connectivity index (χ0v) is 21.7. The summed E-state index contributed by atoms with van der Waals surface area (Å²) < 4.78 is 13.0. The lowest BCUT2D eigenvalue weighted by Gasteiger charge is -2.38. The predicted octanol–water partition coefficient (Wildman–Crippen LogP) is 4.67. The molecule has 1 fully saturated rings. The summed E-state index contributed by atoms with van der Waals surface area (Å²) in [5.41, 5.74) is 4.41. The van der Waals surface area contributed by atoms with E-state index < -0.39 is 6.67 Å². The molecule has 196 valence electrons. The summed E-state index contributed by atoms with van der Waals surface area (Å²) in [6, 6.07) is 18.1. The molecular weight excluding hydrogens is 479 g/mol. The highest BCUT2D eigenvalue weighted by molar-refractivity contribution is 6.03. The standard InChI is InChI=1S/C31H33FN4O2/c1-22(17-32)35-18-28(16-29-31(38)30(37)13-15-34-29)27-10-8-24(9-11-27)3-2-23-4-6-25(7-5-23)19-36-20-26(21-36)12-14-33/h4-11,15,22,26,28,35,38H,12-13,16-21H2,1H3/t22-,28?/m0/s1. The second-order valence-electron chi connectivity index (χ2n) is 10.1. The highest BCUT2D eigenvalue weighted by Gasteiger charge is 2.26. The SMILES string of the molecule is C[C@@H](CF)NCC(CC1=C(O)C(=O)CC=N1)c1ccc(C#Cc2ccc(CN3CC(CC#N)C3)cc2)cc1. The minimum atomic E-state index is -0.478. The molecule has 0 amide bonds. The summed E-state index contributed by atoms with van der Waals surface area (Å²) >= 11 is 0. The lowest BCUT2D eigenvalue weighted by atomic mass is 9.92. The molecule has 0 bridgehead atoms. The molecule has 0 spiro atoms. The third kappa shape index (κ3) is 7.38. The number of aliphatic hydroxyl groups is 1. The van der Waals surface area contributed by atoms with Crippen molar-refractivity contribution in [2.45, 2.75) is 44.7 Å². The van der Waals surface area contributed by atoms with Gasteiger partial charge in [0.2, 0.25) is 5.78 Å². The third-order valence-corrected chi connectivity index (χ3v) is 6.95. The van der Waals surface area contributed by atoms with Crippen LogP contribution in [-0.2, 0) is 11.3 Å². The zero-order chi connectivity index (χ0) is 26.9. The van der Waals surface area contributed by atoms with Gasteiger partial charge in [0.1, 0.15) is 6.67 Å². The highest BCUT2D eigenvalue weighted by atomic mass is 19.1. The normalized spacial score (nSPS) is 17.3. The van der Waals surface area contributed by atoms with Crippen LogP contribution in [0.5, 0.6) is 0 Å². The number of Topliss-reactive ketones (excluding diaryl/α,β-unsaturated/α-hetero) is 1. The number of aliphatic imine (C=N–C) groups is 1. The van der Waals surface area contributed by atoms with Gasteiger partial charge in [0.05, 0.1) is 11.8 Å². The molecule has 2 atom stereocenters. The second kappa shape index (κ2) is 13.1. The number of rotatable bonds is 10. The fraction of sp³-hybridized carbons (Fsp3) is 0.387. The molecule has 6 nitrogen and oxygen atoms in total. The van der Waals surface area contributed by atoms with Crippen molar-refractivity contribution in [1.29, 1.82) is 5.26 Å². The maximum atomic E-state index is 13.0. The minimum Gasteiger partial charge on any atom is -0.503 e. The van der Waals surface area contributed by atoms with Crippen LogP contribution in [0.4, 0.5) is 4.39 Å². The van der Waals surface area contributed by atoms with E-state index in [1.165, 1.54) is 11.8 Å². The molecule has 7 heteroatoms. The number of ketones is 1. The van der Waals surface area contributed by atoms with Crippen molar-refractivity contribution in [2.75, 3.05) is 26.3 Å². The van der Waals surface area contributed by atoms with Crippen molar-refractivity contribution >= 4 is 12.0 Å². The van der Waals surface area contributed by atoms with E-state index in [1.807, 2.05) is 36.4 Å². The molecule has 38 heavy (non-hydrogen) atoms. The first-order chi connectivity index (χ1) is 18.4. The number of alkyl halides is 1. The Morgan fingerprint density at radius 1 is 1.13 bits per heavy atom. The number of hydrogen-bond acceptors (Lipinski definition) is 6. The fourth-order valence-electron chi connectivity index (χ4n) is 4.64. The fourth-order valence-corrected chi connectivity index (χ4v) is 4.64. The first kappa shape index (κ1) is 27.3. The summed E-state index contributed by atoms with van der Waals surface area (Å²) in [6.07, 6.45) is 2.64. The van der Waals surface area contributed by atoms with Gasteiger partial charge in [0.15, 0.2) is 5.76 Å². The van der Waals surface area contributed by atoms with Crippen LogP contribution >= 0.6 is 0 Å². The summed E-state index contributed by atoms with van der Waals surface area (Å²) in [4.78, 5) is 18.5. The molecule has 2 aromatic carbocycles. The van der Waals surface area contributed by atoms with Crippen LogP contribution in [0.2, 0.25) is 0 Å². The number of nitrogens with zero attached hydrogens (tertiary/aromatic N) is 3. The number of benzene rings is 2. The Balaban J connectivity index is 1.39. The molecule has 0 radical (unpaired) electrons. The first-order valence-electron chi connectivity index (χ1n) is 13.0.